The lowest BCUT2D eigenvalue weighted by Gasteiger charge is -2.26. The third-order valence-electron chi connectivity index (χ3n) is 3.67. The van der Waals surface area contributed by atoms with Gasteiger partial charge in [-0.15, -0.1) is 0 Å². The number of sulfonamides is 1. The summed E-state index contributed by atoms with van der Waals surface area (Å²) >= 11 is 11.5. The number of amides is 1. The zero-order valence-electron chi connectivity index (χ0n) is 11.9. The first-order chi connectivity index (χ1) is 9.53. The Morgan fingerprint density at radius 3 is 2.43 bits per heavy atom. The van der Waals surface area contributed by atoms with Crippen LogP contribution >= 0.6 is 23.2 Å². The van der Waals surface area contributed by atoms with Gasteiger partial charge in [-0.25, -0.2) is 17.7 Å². The second-order valence-electron chi connectivity index (χ2n) is 6.14. The van der Waals surface area contributed by atoms with Gasteiger partial charge in [-0.2, -0.15) is 0 Å². The van der Waals surface area contributed by atoms with Crippen LogP contribution in [0, 0.1) is 11.3 Å². The molecule has 0 aromatic carbocycles. The Morgan fingerprint density at radius 1 is 1.33 bits per heavy atom. The zero-order valence-corrected chi connectivity index (χ0v) is 14.3. The van der Waals surface area contributed by atoms with Crippen molar-refractivity contribution in [1.82, 2.24) is 9.29 Å². The average Bonchev–Trinajstić information content (AvgIpc) is 2.75. The number of pyridine rings is 1. The molecule has 2 rings (SSSR count). The Kier molecular flexibility index (Phi) is 4.26. The Morgan fingerprint density at radius 2 is 1.95 bits per heavy atom. The van der Waals surface area contributed by atoms with Gasteiger partial charge < -0.3 is 0 Å². The van der Waals surface area contributed by atoms with Gasteiger partial charge in [-0.1, -0.05) is 44.0 Å². The van der Waals surface area contributed by atoms with Crippen LogP contribution in [0.25, 0.3) is 0 Å². The summed E-state index contributed by atoms with van der Waals surface area (Å²) in [7, 11) is -3.94. The van der Waals surface area contributed by atoms with E-state index in [1.54, 1.807) is 0 Å². The number of hydrogen-bond acceptors (Lipinski definition) is 4. The van der Waals surface area contributed by atoms with Gasteiger partial charge >= 0.3 is 0 Å². The first-order valence-corrected chi connectivity index (χ1v) is 8.59. The summed E-state index contributed by atoms with van der Waals surface area (Å²) < 4.78 is 26.0. The number of carbonyl (C=O) groups excluding carboxylic acids is 1. The van der Waals surface area contributed by atoms with Gasteiger partial charge in [0.25, 0.3) is 10.0 Å². The third-order valence-corrected chi connectivity index (χ3v) is 6.11. The van der Waals surface area contributed by atoms with E-state index in [2.05, 4.69) is 4.98 Å². The van der Waals surface area contributed by atoms with Crippen molar-refractivity contribution < 1.29 is 13.2 Å². The molecular formula is C13H16Cl2N2O3S. The van der Waals surface area contributed by atoms with Crippen molar-refractivity contribution in [1.29, 1.82) is 0 Å². The summed E-state index contributed by atoms with van der Waals surface area (Å²) in [5, 5.41) is 0.0627. The molecule has 1 aromatic heterocycles. The molecule has 1 aromatic rings. The molecule has 21 heavy (non-hydrogen) atoms. The van der Waals surface area contributed by atoms with Gasteiger partial charge in [0.1, 0.15) is 10.0 Å². The fourth-order valence-corrected chi connectivity index (χ4v) is 3.92. The van der Waals surface area contributed by atoms with Crippen LogP contribution in [0.2, 0.25) is 10.2 Å². The lowest BCUT2D eigenvalue weighted by Crippen LogP contribution is -2.33. The molecule has 1 amide bonds. The first-order valence-electron chi connectivity index (χ1n) is 6.40. The van der Waals surface area contributed by atoms with Crippen LogP contribution in [0.4, 0.5) is 0 Å². The molecule has 8 heteroatoms. The van der Waals surface area contributed by atoms with E-state index >= 15 is 0 Å². The van der Waals surface area contributed by atoms with Crippen LogP contribution in [0.15, 0.2) is 17.2 Å². The summed E-state index contributed by atoms with van der Waals surface area (Å²) in [5.41, 5.74) is -0.143. The Hall–Kier alpha value is -0.850. The molecule has 1 aliphatic rings. The van der Waals surface area contributed by atoms with Crippen molar-refractivity contribution in [2.75, 3.05) is 6.54 Å². The molecule has 1 saturated heterocycles. The maximum absolute atomic E-state index is 12.5. The minimum atomic E-state index is -3.94. The monoisotopic (exact) mass is 350 g/mol. The number of hydrogen-bond donors (Lipinski definition) is 0. The van der Waals surface area contributed by atoms with Crippen LogP contribution in [0.3, 0.4) is 0 Å². The molecule has 0 saturated carbocycles. The van der Waals surface area contributed by atoms with Crippen LogP contribution < -0.4 is 0 Å². The lowest BCUT2D eigenvalue weighted by molar-refractivity contribution is -0.123. The molecule has 1 atom stereocenters. The minimum absolute atomic E-state index is 0.0180. The normalized spacial score (nSPS) is 20.1. The number of aromatic nitrogens is 1. The highest BCUT2D eigenvalue weighted by Crippen LogP contribution is 2.37. The zero-order chi connectivity index (χ0) is 16.0. The summed E-state index contributed by atoms with van der Waals surface area (Å²) in [6.07, 6.45) is 1.33. The van der Waals surface area contributed by atoms with Gasteiger partial charge in [0.2, 0.25) is 5.91 Å². The Balaban J connectivity index is 2.36. The fraction of sp³-hybridized carbons (Fsp3) is 0.538. The van der Waals surface area contributed by atoms with E-state index in [-0.39, 0.29) is 39.4 Å². The lowest BCUT2D eigenvalue weighted by atomic mass is 9.80. The Bertz CT molecular complexity index is 683. The van der Waals surface area contributed by atoms with Gasteiger partial charge in [-0.3, -0.25) is 4.79 Å². The van der Waals surface area contributed by atoms with E-state index in [4.69, 9.17) is 23.2 Å². The molecule has 1 unspecified atom stereocenters. The van der Waals surface area contributed by atoms with Crippen molar-refractivity contribution in [3.05, 3.63) is 22.4 Å². The second-order valence-corrected chi connectivity index (χ2v) is 8.77. The third kappa shape index (κ3) is 3.17. The van der Waals surface area contributed by atoms with Crippen molar-refractivity contribution in [2.24, 2.45) is 11.3 Å². The summed E-state index contributed by atoms with van der Waals surface area (Å²) in [6, 6.07) is 1.21. The fourth-order valence-electron chi connectivity index (χ4n) is 2.16. The van der Waals surface area contributed by atoms with Crippen molar-refractivity contribution >= 4 is 39.1 Å². The van der Waals surface area contributed by atoms with Gasteiger partial charge in [0.05, 0.1) is 5.02 Å². The van der Waals surface area contributed by atoms with Crippen LogP contribution in [-0.2, 0) is 14.8 Å². The smallest absolute Gasteiger partial charge is 0.268 e. The maximum atomic E-state index is 12.5. The molecule has 5 nitrogen and oxygen atoms in total. The molecule has 0 spiro atoms. The summed E-state index contributed by atoms with van der Waals surface area (Å²) in [6.45, 7) is 6.14. The van der Waals surface area contributed by atoms with E-state index in [1.807, 2.05) is 20.8 Å². The highest BCUT2D eigenvalue weighted by Gasteiger charge is 2.42. The molecule has 1 fully saturated rings. The minimum Gasteiger partial charge on any atom is -0.274 e. The predicted molar refractivity (Wildman–Crippen MR) is 80.7 cm³/mol. The van der Waals surface area contributed by atoms with Crippen molar-refractivity contribution in [3.8, 4) is 0 Å². The summed E-state index contributed by atoms with van der Waals surface area (Å²) in [4.78, 5) is 15.7. The topological polar surface area (TPSA) is 67.3 Å². The Labute approximate surface area is 134 Å². The van der Waals surface area contributed by atoms with Crippen LogP contribution in [0.5, 0.6) is 0 Å². The molecule has 0 bridgehead atoms. The predicted octanol–water partition coefficient (Wildman–Crippen LogP) is 2.97. The van der Waals surface area contributed by atoms with Crippen molar-refractivity contribution in [2.45, 2.75) is 32.1 Å². The van der Waals surface area contributed by atoms with Crippen LogP contribution in [0.1, 0.15) is 27.2 Å². The number of nitrogens with zero attached hydrogens (tertiary/aromatic N) is 2. The average molecular weight is 351 g/mol. The standard InChI is InChI=1S/C13H16Cl2N2O3S/c1-13(2,3)8-4-11(18)17(7-8)21(19,20)9-5-10(14)12(15)16-6-9/h5-6,8H,4,7H2,1-3H3. The van der Waals surface area contributed by atoms with E-state index in [0.29, 0.717) is 0 Å². The van der Waals surface area contributed by atoms with E-state index in [0.717, 1.165) is 10.5 Å². The highest BCUT2D eigenvalue weighted by molar-refractivity contribution is 7.89. The van der Waals surface area contributed by atoms with Gasteiger partial charge in [0, 0.05) is 19.2 Å². The van der Waals surface area contributed by atoms with E-state index in [9.17, 15) is 13.2 Å². The largest absolute Gasteiger partial charge is 0.274 e. The van der Waals surface area contributed by atoms with E-state index in [1.165, 1.54) is 6.07 Å². The molecule has 116 valence electrons. The SMILES string of the molecule is CC(C)(C)C1CC(=O)N(S(=O)(=O)c2cnc(Cl)c(Cl)c2)C1. The highest BCUT2D eigenvalue weighted by atomic mass is 35.5. The van der Waals surface area contributed by atoms with Gasteiger partial charge in [-0.05, 0) is 17.4 Å². The number of carbonyl (C=O) groups is 1. The van der Waals surface area contributed by atoms with Gasteiger partial charge in [0.15, 0.2) is 0 Å². The molecule has 2 heterocycles. The second kappa shape index (κ2) is 5.41. The summed E-state index contributed by atoms with van der Waals surface area (Å²) in [5.74, 6) is -0.420. The quantitative estimate of drug-likeness (QED) is 0.769. The molecule has 0 N–H and O–H groups in total. The number of halogens is 2. The molecular weight excluding hydrogens is 335 g/mol. The van der Waals surface area contributed by atoms with Crippen LogP contribution in [-0.4, -0.2) is 30.2 Å². The molecule has 0 radical (unpaired) electrons. The molecule has 0 aliphatic carbocycles. The first kappa shape index (κ1) is 16.5. The number of rotatable bonds is 2. The van der Waals surface area contributed by atoms with E-state index < -0.39 is 15.9 Å². The van der Waals surface area contributed by atoms with Crippen molar-refractivity contribution in [3.63, 3.8) is 0 Å². The molecule has 1 aliphatic heterocycles. The maximum Gasteiger partial charge on any atom is 0.268 e.